The number of carbonyl (C=O) groups excluding carboxylic acids is 2. The van der Waals surface area contributed by atoms with Crippen LogP contribution in [0.1, 0.15) is 15.9 Å². The van der Waals surface area contributed by atoms with Gasteiger partial charge < -0.3 is 15.4 Å². The van der Waals surface area contributed by atoms with Gasteiger partial charge in [0.05, 0.1) is 19.2 Å². The number of nitrogens with one attached hydrogen (secondary N) is 2. The minimum absolute atomic E-state index is 0.0844. The van der Waals surface area contributed by atoms with Gasteiger partial charge in [-0.15, -0.1) is 6.58 Å². The van der Waals surface area contributed by atoms with E-state index in [-0.39, 0.29) is 18.4 Å². The molecule has 0 spiro atoms. The molecular formula is C14H18N2O3. The van der Waals surface area contributed by atoms with E-state index in [0.29, 0.717) is 18.7 Å². The summed E-state index contributed by atoms with van der Waals surface area (Å²) in [5.41, 5.74) is 1.41. The van der Waals surface area contributed by atoms with Gasteiger partial charge in [0.15, 0.2) is 0 Å². The Balaban J connectivity index is 2.39. The summed E-state index contributed by atoms with van der Waals surface area (Å²) >= 11 is 0. The minimum Gasteiger partial charge on any atom is -0.465 e. The van der Waals surface area contributed by atoms with Crippen molar-refractivity contribution in [1.82, 2.24) is 10.6 Å². The molecule has 0 aliphatic carbocycles. The zero-order valence-electron chi connectivity index (χ0n) is 10.9. The second-order valence-corrected chi connectivity index (χ2v) is 3.88. The summed E-state index contributed by atoms with van der Waals surface area (Å²) in [7, 11) is 1.34. The van der Waals surface area contributed by atoms with Gasteiger partial charge >= 0.3 is 5.97 Å². The van der Waals surface area contributed by atoms with Crippen molar-refractivity contribution in [3.63, 3.8) is 0 Å². The summed E-state index contributed by atoms with van der Waals surface area (Å²) in [5.74, 6) is -0.455. The summed E-state index contributed by atoms with van der Waals surface area (Å²) in [6.45, 7) is 4.83. The number of carbonyl (C=O) groups is 2. The van der Waals surface area contributed by atoms with E-state index in [9.17, 15) is 9.59 Å². The third-order valence-corrected chi connectivity index (χ3v) is 2.44. The first-order valence-electron chi connectivity index (χ1n) is 5.93. The molecule has 0 bridgehead atoms. The molecule has 102 valence electrons. The molecule has 0 saturated heterocycles. The average molecular weight is 262 g/mol. The van der Waals surface area contributed by atoms with Gasteiger partial charge in [0.25, 0.3) is 0 Å². The molecule has 0 heterocycles. The molecule has 1 aromatic carbocycles. The number of hydrogen-bond acceptors (Lipinski definition) is 4. The average Bonchev–Trinajstić information content (AvgIpc) is 2.45. The predicted molar refractivity (Wildman–Crippen MR) is 72.7 cm³/mol. The molecule has 0 aromatic heterocycles. The van der Waals surface area contributed by atoms with Crippen LogP contribution in [0.15, 0.2) is 36.9 Å². The second kappa shape index (κ2) is 8.05. The molecule has 0 aliphatic heterocycles. The lowest BCUT2D eigenvalue weighted by molar-refractivity contribution is -0.120. The number of methoxy groups -OCH3 is 1. The molecule has 0 atom stereocenters. The maximum atomic E-state index is 11.4. The Hall–Kier alpha value is -2.14. The molecule has 0 aliphatic rings. The van der Waals surface area contributed by atoms with Gasteiger partial charge in [-0.1, -0.05) is 18.2 Å². The van der Waals surface area contributed by atoms with Gasteiger partial charge in [-0.3, -0.25) is 4.79 Å². The van der Waals surface area contributed by atoms with Gasteiger partial charge in [-0.05, 0) is 17.7 Å². The Morgan fingerprint density at radius 2 is 2.00 bits per heavy atom. The number of rotatable bonds is 7. The third-order valence-electron chi connectivity index (χ3n) is 2.44. The standard InChI is InChI=1S/C14H18N2O3/c1-3-8-15-10-13(17)16-9-11-4-6-12(7-5-11)14(18)19-2/h3-7,15H,1,8-10H2,2H3,(H,16,17). The topological polar surface area (TPSA) is 67.4 Å². The molecule has 0 unspecified atom stereocenters. The zero-order valence-corrected chi connectivity index (χ0v) is 10.9. The minimum atomic E-state index is -0.371. The molecule has 5 nitrogen and oxygen atoms in total. The first-order chi connectivity index (χ1) is 9.17. The molecule has 0 fully saturated rings. The maximum Gasteiger partial charge on any atom is 0.337 e. The van der Waals surface area contributed by atoms with E-state index in [2.05, 4.69) is 21.9 Å². The number of esters is 1. The molecule has 1 rings (SSSR count). The zero-order chi connectivity index (χ0) is 14.1. The number of amides is 1. The van der Waals surface area contributed by atoms with Crippen molar-refractivity contribution in [3.8, 4) is 0 Å². The van der Waals surface area contributed by atoms with Crippen LogP contribution in [-0.4, -0.2) is 32.1 Å². The van der Waals surface area contributed by atoms with Gasteiger partial charge in [0.2, 0.25) is 5.91 Å². The second-order valence-electron chi connectivity index (χ2n) is 3.88. The molecule has 5 heteroatoms. The molecule has 1 aromatic rings. The maximum absolute atomic E-state index is 11.4. The van der Waals surface area contributed by atoms with Crippen LogP contribution in [0.3, 0.4) is 0 Å². The number of benzene rings is 1. The van der Waals surface area contributed by atoms with E-state index in [4.69, 9.17) is 0 Å². The van der Waals surface area contributed by atoms with Crippen LogP contribution in [0, 0.1) is 0 Å². The van der Waals surface area contributed by atoms with Crippen molar-refractivity contribution < 1.29 is 14.3 Å². The molecule has 0 radical (unpaired) electrons. The van der Waals surface area contributed by atoms with Gasteiger partial charge in [0, 0.05) is 13.1 Å². The first kappa shape index (κ1) is 14.9. The van der Waals surface area contributed by atoms with E-state index >= 15 is 0 Å². The number of hydrogen-bond donors (Lipinski definition) is 2. The molecule has 1 amide bonds. The lowest BCUT2D eigenvalue weighted by Gasteiger charge is -2.06. The third kappa shape index (κ3) is 5.35. The highest BCUT2D eigenvalue weighted by atomic mass is 16.5. The van der Waals surface area contributed by atoms with Gasteiger partial charge in [-0.2, -0.15) is 0 Å². The Labute approximate surface area is 112 Å². The van der Waals surface area contributed by atoms with E-state index in [1.807, 2.05) is 0 Å². The fraction of sp³-hybridized carbons (Fsp3) is 0.286. The van der Waals surface area contributed by atoms with Crippen molar-refractivity contribution in [1.29, 1.82) is 0 Å². The summed E-state index contributed by atoms with van der Waals surface area (Å²) < 4.78 is 4.60. The van der Waals surface area contributed by atoms with Crippen LogP contribution in [0.25, 0.3) is 0 Å². The monoisotopic (exact) mass is 262 g/mol. The summed E-state index contributed by atoms with van der Waals surface area (Å²) in [4.78, 5) is 22.7. The first-order valence-corrected chi connectivity index (χ1v) is 5.93. The predicted octanol–water partition coefficient (Wildman–Crippen LogP) is 0.865. The van der Waals surface area contributed by atoms with Gasteiger partial charge in [-0.25, -0.2) is 4.79 Å². The van der Waals surface area contributed by atoms with Crippen LogP contribution in [0.5, 0.6) is 0 Å². The molecular weight excluding hydrogens is 244 g/mol. The summed E-state index contributed by atoms with van der Waals surface area (Å²) in [6.07, 6.45) is 1.69. The fourth-order valence-corrected chi connectivity index (χ4v) is 1.43. The van der Waals surface area contributed by atoms with E-state index < -0.39 is 0 Å². The van der Waals surface area contributed by atoms with E-state index in [1.54, 1.807) is 30.3 Å². The molecule has 2 N–H and O–H groups in total. The van der Waals surface area contributed by atoms with Crippen molar-refractivity contribution in [2.24, 2.45) is 0 Å². The van der Waals surface area contributed by atoms with E-state index in [1.165, 1.54) is 7.11 Å². The largest absolute Gasteiger partial charge is 0.465 e. The highest BCUT2D eigenvalue weighted by Crippen LogP contribution is 2.05. The highest BCUT2D eigenvalue weighted by Gasteiger charge is 2.05. The van der Waals surface area contributed by atoms with Crippen molar-refractivity contribution in [3.05, 3.63) is 48.0 Å². The molecule has 19 heavy (non-hydrogen) atoms. The highest BCUT2D eigenvalue weighted by molar-refractivity contribution is 5.89. The SMILES string of the molecule is C=CCNCC(=O)NCc1ccc(C(=O)OC)cc1. The summed E-state index contributed by atoms with van der Waals surface area (Å²) in [6, 6.07) is 6.90. The molecule has 0 saturated carbocycles. The van der Waals surface area contributed by atoms with Crippen LogP contribution >= 0.6 is 0 Å². The Bertz CT molecular complexity index is 441. The quantitative estimate of drug-likeness (QED) is 0.434. The van der Waals surface area contributed by atoms with Crippen molar-refractivity contribution in [2.45, 2.75) is 6.54 Å². The van der Waals surface area contributed by atoms with Crippen LogP contribution < -0.4 is 10.6 Å². The lowest BCUT2D eigenvalue weighted by Crippen LogP contribution is -2.33. The van der Waals surface area contributed by atoms with E-state index in [0.717, 1.165) is 5.56 Å². The smallest absolute Gasteiger partial charge is 0.337 e. The van der Waals surface area contributed by atoms with Gasteiger partial charge in [0.1, 0.15) is 0 Å². The summed E-state index contributed by atoms with van der Waals surface area (Å²) in [5, 5.41) is 5.68. The Kier molecular flexibility index (Phi) is 6.32. The van der Waals surface area contributed by atoms with Crippen molar-refractivity contribution in [2.75, 3.05) is 20.2 Å². The van der Waals surface area contributed by atoms with Crippen LogP contribution in [0.2, 0.25) is 0 Å². The Morgan fingerprint density at radius 3 is 2.58 bits per heavy atom. The Morgan fingerprint density at radius 1 is 1.32 bits per heavy atom. The fourth-order valence-electron chi connectivity index (χ4n) is 1.43. The van der Waals surface area contributed by atoms with Crippen molar-refractivity contribution >= 4 is 11.9 Å². The van der Waals surface area contributed by atoms with Crippen LogP contribution in [0.4, 0.5) is 0 Å². The van der Waals surface area contributed by atoms with Crippen LogP contribution in [-0.2, 0) is 16.1 Å². The normalized spacial score (nSPS) is 9.74. The number of ether oxygens (including phenoxy) is 1. The lowest BCUT2D eigenvalue weighted by atomic mass is 10.1.